The van der Waals surface area contributed by atoms with Crippen molar-refractivity contribution in [1.82, 2.24) is 4.98 Å². The van der Waals surface area contributed by atoms with Crippen molar-refractivity contribution in [1.29, 1.82) is 0 Å². The van der Waals surface area contributed by atoms with Gasteiger partial charge in [-0.3, -0.25) is 9.69 Å². The molecule has 0 spiro atoms. The number of rotatable bonds is 5. The van der Waals surface area contributed by atoms with E-state index in [0.29, 0.717) is 18.0 Å². The van der Waals surface area contributed by atoms with Crippen LogP contribution in [0.3, 0.4) is 0 Å². The zero-order valence-corrected chi connectivity index (χ0v) is 18.2. The third kappa shape index (κ3) is 3.99. The monoisotopic (exact) mass is 430 g/mol. The van der Waals surface area contributed by atoms with E-state index in [4.69, 9.17) is 14.5 Å². The molecule has 0 aliphatic carbocycles. The summed E-state index contributed by atoms with van der Waals surface area (Å²) in [6, 6.07) is 19.9. The highest BCUT2D eigenvalue weighted by atomic mass is 32.1. The van der Waals surface area contributed by atoms with Gasteiger partial charge in [0.05, 0.1) is 23.2 Å². The summed E-state index contributed by atoms with van der Waals surface area (Å²) in [5, 5.41) is 0.717. The number of benzene rings is 3. The highest BCUT2D eigenvalue weighted by Crippen LogP contribution is 2.34. The summed E-state index contributed by atoms with van der Waals surface area (Å²) in [4.78, 5) is 20.0. The zero-order valence-electron chi connectivity index (χ0n) is 17.4. The van der Waals surface area contributed by atoms with E-state index in [2.05, 4.69) is 26.0 Å². The molecule has 2 heterocycles. The van der Waals surface area contributed by atoms with Gasteiger partial charge in [-0.25, -0.2) is 4.98 Å². The fraction of sp³-hybridized carbons (Fsp3) is 0.200. The van der Waals surface area contributed by atoms with Gasteiger partial charge in [-0.1, -0.05) is 47.7 Å². The molecule has 0 bridgehead atoms. The average molecular weight is 431 g/mol. The smallest absolute Gasteiger partial charge is 0.233 e. The molecule has 31 heavy (non-hydrogen) atoms. The van der Waals surface area contributed by atoms with E-state index in [1.165, 1.54) is 11.1 Å². The first-order valence-corrected chi connectivity index (χ1v) is 11.0. The highest BCUT2D eigenvalue weighted by molar-refractivity contribution is 7.22. The number of aryl methyl sites for hydroxylation is 2. The lowest BCUT2D eigenvalue weighted by molar-refractivity contribution is -0.118. The summed E-state index contributed by atoms with van der Waals surface area (Å²) in [7, 11) is 0. The van der Waals surface area contributed by atoms with Crippen molar-refractivity contribution in [2.24, 2.45) is 0 Å². The Morgan fingerprint density at radius 1 is 0.968 bits per heavy atom. The largest absolute Gasteiger partial charge is 0.454 e. The second-order valence-corrected chi connectivity index (χ2v) is 8.74. The number of thiazole rings is 1. The molecule has 5 rings (SSSR count). The molecular formula is C25H22N2O3S. The van der Waals surface area contributed by atoms with Crippen LogP contribution in [0.5, 0.6) is 11.5 Å². The number of fused-ring (bicyclic) bond motifs is 2. The Kier molecular flexibility index (Phi) is 5.08. The van der Waals surface area contributed by atoms with Crippen LogP contribution in [0.25, 0.3) is 10.2 Å². The van der Waals surface area contributed by atoms with E-state index in [0.717, 1.165) is 26.5 Å². The van der Waals surface area contributed by atoms with Crippen LogP contribution in [0.15, 0.2) is 60.7 Å². The molecule has 4 aromatic rings. The molecule has 0 fully saturated rings. The van der Waals surface area contributed by atoms with E-state index < -0.39 is 0 Å². The summed E-state index contributed by atoms with van der Waals surface area (Å²) in [6.07, 6.45) is 0.261. The van der Waals surface area contributed by atoms with E-state index in [1.54, 1.807) is 16.2 Å². The molecule has 1 aliphatic rings. The van der Waals surface area contributed by atoms with Gasteiger partial charge in [0.1, 0.15) is 0 Å². The van der Waals surface area contributed by atoms with Gasteiger partial charge in [-0.15, -0.1) is 0 Å². The maximum absolute atomic E-state index is 13.4. The summed E-state index contributed by atoms with van der Waals surface area (Å²) in [6.45, 7) is 4.88. The fourth-order valence-corrected chi connectivity index (χ4v) is 4.69. The molecule has 0 saturated heterocycles. The molecule has 0 atom stereocenters. The van der Waals surface area contributed by atoms with Crippen molar-refractivity contribution < 1.29 is 14.3 Å². The summed E-state index contributed by atoms with van der Waals surface area (Å²) < 4.78 is 11.9. The molecule has 0 N–H and O–H groups in total. The second kappa shape index (κ2) is 8.04. The van der Waals surface area contributed by atoms with Crippen LogP contribution in [-0.2, 0) is 17.8 Å². The van der Waals surface area contributed by atoms with Gasteiger partial charge in [0.15, 0.2) is 16.6 Å². The van der Waals surface area contributed by atoms with Crippen molar-refractivity contribution in [2.75, 3.05) is 11.7 Å². The number of hydrogen-bond acceptors (Lipinski definition) is 5. The van der Waals surface area contributed by atoms with Gasteiger partial charge < -0.3 is 9.47 Å². The fourth-order valence-electron chi connectivity index (χ4n) is 3.63. The predicted molar refractivity (Wildman–Crippen MR) is 123 cm³/mol. The van der Waals surface area contributed by atoms with E-state index in [9.17, 15) is 4.79 Å². The molecular weight excluding hydrogens is 408 g/mol. The normalized spacial score (nSPS) is 12.3. The lowest BCUT2D eigenvalue weighted by Gasteiger charge is -2.20. The zero-order chi connectivity index (χ0) is 21.4. The van der Waals surface area contributed by atoms with Crippen LogP contribution >= 0.6 is 11.3 Å². The van der Waals surface area contributed by atoms with Crippen LogP contribution < -0.4 is 14.4 Å². The Bertz CT molecular complexity index is 1230. The summed E-state index contributed by atoms with van der Waals surface area (Å²) in [5.41, 5.74) is 5.31. The minimum atomic E-state index is -0.00443. The van der Waals surface area contributed by atoms with Crippen LogP contribution in [-0.4, -0.2) is 17.7 Å². The summed E-state index contributed by atoms with van der Waals surface area (Å²) in [5.74, 6) is 1.40. The molecule has 1 amide bonds. The quantitative estimate of drug-likeness (QED) is 0.424. The Hall–Kier alpha value is -3.38. The predicted octanol–water partition coefficient (Wildman–Crippen LogP) is 5.42. The number of anilines is 1. The first-order chi connectivity index (χ1) is 15.1. The van der Waals surface area contributed by atoms with Crippen molar-refractivity contribution in [3.8, 4) is 11.5 Å². The number of ether oxygens (including phenoxy) is 2. The Balaban J connectivity index is 1.48. The van der Waals surface area contributed by atoms with Gasteiger partial charge in [0, 0.05) is 0 Å². The number of aromatic nitrogens is 1. The molecule has 1 aromatic heterocycles. The van der Waals surface area contributed by atoms with E-state index >= 15 is 0 Å². The molecule has 0 radical (unpaired) electrons. The van der Waals surface area contributed by atoms with Gasteiger partial charge in [0.25, 0.3) is 0 Å². The summed E-state index contributed by atoms with van der Waals surface area (Å²) >= 11 is 1.56. The van der Waals surface area contributed by atoms with Crippen LogP contribution in [0.2, 0.25) is 0 Å². The van der Waals surface area contributed by atoms with Crippen molar-refractivity contribution in [2.45, 2.75) is 26.8 Å². The minimum Gasteiger partial charge on any atom is -0.454 e. The molecule has 0 saturated carbocycles. The third-order valence-electron chi connectivity index (χ3n) is 5.50. The SMILES string of the molecule is Cc1cc2nc(N(Cc3ccccc3)C(=O)Cc3ccc4c(c3)OCO4)sc2cc1C. The molecule has 0 unspecified atom stereocenters. The van der Waals surface area contributed by atoms with Crippen molar-refractivity contribution >= 4 is 32.6 Å². The molecule has 156 valence electrons. The van der Waals surface area contributed by atoms with E-state index in [1.807, 2.05) is 48.5 Å². The van der Waals surface area contributed by atoms with Crippen LogP contribution in [0.4, 0.5) is 5.13 Å². The molecule has 5 nitrogen and oxygen atoms in total. The lowest BCUT2D eigenvalue weighted by Crippen LogP contribution is -2.31. The van der Waals surface area contributed by atoms with Crippen molar-refractivity contribution in [3.63, 3.8) is 0 Å². The van der Waals surface area contributed by atoms with Gasteiger partial charge >= 0.3 is 0 Å². The third-order valence-corrected chi connectivity index (χ3v) is 6.54. The van der Waals surface area contributed by atoms with Crippen LogP contribution in [0, 0.1) is 13.8 Å². The maximum Gasteiger partial charge on any atom is 0.233 e. The number of carbonyl (C=O) groups excluding carboxylic acids is 1. The minimum absolute atomic E-state index is 0.00443. The number of carbonyl (C=O) groups is 1. The average Bonchev–Trinajstić information content (AvgIpc) is 3.39. The molecule has 6 heteroatoms. The van der Waals surface area contributed by atoms with Gasteiger partial charge in [-0.05, 0) is 60.4 Å². The number of hydrogen-bond donors (Lipinski definition) is 0. The van der Waals surface area contributed by atoms with E-state index in [-0.39, 0.29) is 19.1 Å². The highest BCUT2D eigenvalue weighted by Gasteiger charge is 2.22. The number of nitrogens with zero attached hydrogens (tertiary/aromatic N) is 2. The van der Waals surface area contributed by atoms with Crippen molar-refractivity contribution in [3.05, 3.63) is 82.9 Å². The number of amides is 1. The van der Waals surface area contributed by atoms with Gasteiger partial charge in [-0.2, -0.15) is 0 Å². The molecule has 3 aromatic carbocycles. The lowest BCUT2D eigenvalue weighted by atomic mass is 10.1. The first-order valence-electron chi connectivity index (χ1n) is 10.2. The first kappa shape index (κ1) is 19.6. The van der Waals surface area contributed by atoms with Gasteiger partial charge in [0.2, 0.25) is 12.7 Å². The standard InChI is InChI=1S/C25H22N2O3S/c1-16-10-20-23(11-17(16)2)31-25(26-20)27(14-18-6-4-3-5-7-18)24(28)13-19-8-9-21-22(12-19)30-15-29-21/h3-12H,13-15H2,1-2H3. The molecule has 1 aliphatic heterocycles. The van der Waals surface area contributed by atoms with Crippen LogP contribution in [0.1, 0.15) is 22.3 Å². The Morgan fingerprint density at radius 2 is 1.74 bits per heavy atom. The second-order valence-electron chi connectivity index (χ2n) is 7.73. The Morgan fingerprint density at radius 3 is 2.58 bits per heavy atom. The Labute approximate surface area is 184 Å². The topological polar surface area (TPSA) is 51.7 Å². The maximum atomic E-state index is 13.4.